The normalized spacial score (nSPS) is 17.4. The molecule has 16 heavy (non-hydrogen) atoms. The Morgan fingerprint density at radius 3 is 2.94 bits per heavy atom. The smallest absolute Gasteiger partial charge is 0.203 e. The topological polar surface area (TPSA) is 29.9 Å². The van der Waals surface area contributed by atoms with Gasteiger partial charge in [0.2, 0.25) is 5.95 Å². The first kappa shape index (κ1) is 11.5. The lowest BCUT2D eigenvalue weighted by Gasteiger charge is -2.15. The van der Waals surface area contributed by atoms with Gasteiger partial charge in [-0.25, -0.2) is 4.98 Å². The van der Waals surface area contributed by atoms with Gasteiger partial charge >= 0.3 is 0 Å². The second-order valence-corrected chi connectivity index (χ2v) is 5.03. The lowest BCUT2D eigenvalue weighted by Crippen LogP contribution is -2.18. The molecule has 2 rings (SSSR count). The SMILES string of the molecule is CCCCC(C)Nc1nc(C)cn1C1CC1. The maximum Gasteiger partial charge on any atom is 0.203 e. The van der Waals surface area contributed by atoms with E-state index in [4.69, 9.17) is 0 Å². The first-order valence-corrected chi connectivity index (χ1v) is 6.52. The minimum Gasteiger partial charge on any atom is -0.353 e. The Bertz CT molecular complexity index is 339. The number of rotatable bonds is 6. The number of aromatic nitrogens is 2. The molecule has 90 valence electrons. The van der Waals surface area contributed by atoms with Gasteiger partial charge in [0, 0.05) is 18.3 Å². The summed E-state index contributed by atoms with van der Waals surface area (Å²) in [6.45, 7) is 6.56. The number of unbranched alkanes of at least 4 members (excludes halogenated alkanes) is 1. The van der Waals surface area contributed by atoms with Crippen molar-refractivity contribution in [3.63, 3.8) is 0 Å². The van der Waals surface area contributed by atoms with Gasteiger partial charge in [-0.2, -0.15) is 0 Å². The zero-order valence-corrected chi connectivity index (χ0v) is 10.7. The summed E-state index contributed by atoms with van der Waals surface area (Å²) < 4.78 is 2.32. The van der Waals surface area contributed by atoms with Crippen molar-refractivity contribution in [2.45, 2.75) is 65.0 Å². The van der Waals surface area contributed by atoms with Gasteiger partial charge in [0.1, 0.15) is 0 Å². The number of imidazole rings is 1. The van der Waals surface area contributed by atoms with E-state index in [2.05, 4.69) is 41.8 Å². The zero-order chi connectivity index (χ0) is 11.5. The number of nitrogens with one attached hydrogen (secondary N) is 1. The van der Waals surface area contributed by atoms with Crippen LogP contribution in [0.2, 0.25) is 0 Å². The molecule has 0 amide bonds. The van der Waals surface area contributed by atoms with E-state index in [0.29, 0.717) is 12.1 Å². The van der Waals surface area contributed by atoms with Crippen LogP contribution in [0.25, 0.3) is 0 Å². The van der Waals surface area contributed by atoms with Crippen LogP contribution in [0.3, 0.4) is 0 Å². The average Bonchev–Trinajstić information content (AvgIpc) is 3.01. The fraction of sp³-hybridized carbons (Fsp3) is 0.769. The van der Waals surface area contributed by atoms with Crippen LogP contribution < -0.4 is 5.32 Å². The van der Waals surface area contributed by atoms with Gasteiger partial charge < -0.3 is 9.88 Å². The van der Waals surface area contributed by atoms with E-state index in [9.17, 15) is 0 Å². The van der Waals surface area contributed by atoms with E-state index < -0.39 is 0 Å². The molecule has 0 bridgehead atoms. The Labute approximate surface area is 98.3 Å². The van der Waals surface area contributed by atoms with Crippen LogP contribution in [0, 0.1) is 6.92 Å². The lowest BCUT2D eigenvalue weighted by atomic mass is 10.1. The van der Waals surface area contributed by atoms with E-state index in [1.54, 1.807) is 0 Å². The molecule has 1 fully saturated rings. The van der Waals surface area contributed by atoms with Crippen molar-refractivity contribution in [1.29, 1.82) is 0 Å². The third kappa shape index (κ3) is 2.77. The van der Waals surface area contributed by atoms with Crippen molar-refractivity contribution in [2.24, 2.45) is 0 Å². The maximum atomic E-state index is 4.57. The van der Waals surface area contributed by atoms with Crippen LogP contribution in [0.1, 0.15) is 57.7 Å². The minimum atomic E-state index is 0.527. The predicted molar refractivity (Wildman–Crippen MR) is 67.8 cm³/mol. The van der Waals surface area contributed by atoms with Crippen molar-refractivity contribution in [2.75, 3.05) is 5.32 Å². The molecule has 1 atom stereocenters. The number of hydrogen-bond acceptors (Lipinski definition) is 2. The minimum absolute atomic E-state index is 0.527. The summed E-state index contributed by atoms with van der Waals surface area (Å²) in [6, 6.07) is 1.24. The van der Waals surface area contributed by atoms with Crippen molar-refractivity contribution in [1.82, 2.24) is 9.55 Å². The van der Waals surface area contributed by atoms with Crippen LogP contribution in [0.15, 0.2) is 6.20 Å². The first-order valence-electron chi connectivity index (χ1n) is 6.52. The van der Waals surface area contributed by atoms with Crippen LogP contribution in [0.4, 0.5) is 5.95 Å². The third-order valence-electron chi connectivity index (χ3n) is 3.16. The maximum absolute atomic E-state index is 4.57. The Balaban J connectivity index is 1.97. The number of nitrogens with zero attached hydrogens (tertiary/aromatic N) is 2. The third-order valence-corrected chi connectivity index (χ3v) is 3.16. The highest BCUT2D eigenvalue weighted by atomic mass is 15.2. The lowest BCUT2D eigenvalue weighted by molar-refractivity contribution is 0.630. The number of aryl methyl sites for hydroxylation is 1. The second kappa shape index (κ2) is 4.89. The van der Waals surface area contributed by atoms with Crippen LogP contribution in [0.5, 0.6) is 0 Å². The molecule has 3 heteroatoms. The summed E-state index contributed by atoms with van der Waals surface area (Å²) in [4.78, 5) is 4.57. The molecule has 1 aromatic heterocycles. The zero-order valence-electron chi connectivity index (χ0n) is 10.7. The fourth-order valence-corrected chi connectivity index (χ4v) is 2.06. The summed E-state index contributed by atoms with van der Waals surface area (Å²) in [7, 11) is 0. The quantitative estimate of drug-likeness (QED) is 0.796. The molecule has 0 radical (unpaired) electrons. The van der Waals surface area contributed by atoms with E-state index >= 15 is 0 Å². The van der Waals surface area contributed by atoms with Crippen molar-refractivity contribution >= 4 is 5.95 Å². The van der Waals surface area contributed by atoms with Gasteiger partial charge in [-0.05, 0) is 33.1 Å². The number of anilines is 1. The molecule has 1 aromatic rings. The predicted octanol–water partition coefficient (Wildman–Crippen LogP) is 3.52. The highest BCUT2D eigenvalue weighted by molar-refractivity contribution is 5.31. The fourth-order valence-electron chi connectivity index (χ4n) is 2.06. The molecule has 1 N–H and O–H groups in total. The molecular weight excluding hydrogens is 198 g/mol. The van der Waals surface area contributed by atoms with Gasteiger partial charge in [-0.3, -0.25) is 0 Å². The molecule has 1 unspecified atom stereocenters. The van der Waals surface area contributed by atoms with Crippen molar-refractivity contribution in [3.8, 4) is 0 Å². The molecule has 0 saturated heterocycles. The highest BCUT2D eigenvalue weighted by Gasteiger charge is 2.26. The monoisotopic (exact) mass is 221 g/mol. The molecule has 3 nitrogen and oxygen atoms in total. The van der Waals surface area contributed by atoms with E-state index in [1.807, 2.05) is 0 Å². The van der Waals surface area contributed by atoms with Gasteiger partial charge in [-0.15, -0.1) is 0 Å². The molecule has 1 heterocycles. The Hall–Kier alpha value is -0.990. The number of hydrogen-bond donors (Lipinski definition) is 1. The summed E-state index contributed by atoms with van der Waals surface area (Å²) in [5.74, 6) is 1.07. The van der Waals surface area contributed by atoms with Gasteiger partial charge in [-0.1, -0.05) is 19.8 Å². The Morgan fingerprint density at radius 2 is 2.31 bits per heavy atom. The average molecular weight is 221 g/mol. The van der Waals surface area contributed by atoms with Gasteiger partial charge in [0.25, 0.3) is 0 Å². The highest BCUT2D eigenvalue weighted by Crippen LogP contribution is 2.37. The summed E-state index contributed by atoms with van der Waals surface area (Å²) in [5, 5.41) is 3.54. The standard InChI is InChI=1S/C13H23N3/c1-4-5-6-10(2)14-13-15-11(3)9-16(13)12-7-8-12/h9-10,12H,4-8H2,1-3H3,(H,14,15). The van der Waals surface area contributed by atoms with Crippen LogP contribution in [-0.2, 0) is 0 Å². The Kier molecular flexibility index (Phi) is 3.52. The largest absolute Gasteiger partial charge is 0.353 e. The molecule has 0 spiro atoms. The summed E-state index contributed by atoms with van der Waals surface area (Å²) in [5.41, 5.74) is 1.12. The second-order valence-electron chi connectivity index (χ2n) is 5.03. The molecule has 1 aliphatic carbocycles. The molecule has 1 saturated carbocycles. The summed E-state index contributed by atoms with van der Waals surface area (Å²) in [6.07, 6.45) is 8.58. The van der Waals surface area contributed by atoms with Crippen LogP contribution in [-0.4, -0.2) is 15.6 Å². The first-order chi connectivity index (χ1) is 7.70. The van der Waals surface area contributed by atoms with Crippen LogP contribution >= 0.6 is 0 Å². The van der Waals surface area contributed by atoms with Crippen molar-refractivity contribution < 1.29 is 0 Å². The van der Waals surface area contributed by atoms with Crippen molar-refractivity contribution in [3.05, 3.63) is 11.9 Å². The van der Waals surface area contributed by atoms with E-state index in [0.717, 1.165) is 11.6 Å². The molecule has 0 aliphatic heterocycles. The molecule has 1 aliphatic rings. The summed E-state index contributed by atoms with van der Waals surface area (Å²) >= 11 is 0. The molecule has 0 aromatic carbocycles. The van der Waals surface area contributed by atoms with E-state index in [-0.39, 0.29) is 0 Å². The Morgan fingerprint density at radius 1 is 1.56 bits per heavy atom. The van der Waals surface area contributed by atoms with Gasteiger partial charge in [0.15, 0.2) is 0 Å². The molecular formula is C13H23N3. The van der Waals surface area contributed by atoms with E-state index in [1.165, 1.54) is 32.1 Å². The van der Waals surface area contributed by atoms with Gasteiger partial charge in [0.05, 0.1) is 5.69 Å².